The van der Waals surface area contributed by atoms with Gasteiger partial charge in [-0.25, -0.2) is 4.79 Å². The maximum atomic E-state index is 12.0. The van der Waals surface area contributed by atoms with E-state index in [0.717, 1.165) is 17.7 Å². The average molecular weight is 313 g/mol. The monoisotopic (exact) mass is 313 g/mol. The molecule has 0 heterocycles. The number of rotatable bonds is 6. The van der Waals surface area contributed by atoms with Gasteiger partial charge in [-0.2, -0.15) is 0 Å². The quantitative estimate of drug-likeness (QED) is 0.833. The van der Waals surface area contributed by atoms with E-state index in [9.17, 15) is 9.59 Å². The van der Waals surface area contributed by atoms with Gasteiger partial charge in [0.2, 0.25) is 0 Å². The molecule has 5 nitrogen and oxygen atoms in total. The molecule has 0 aliphatic heterocycles. The molecule has 1 amide bonds. The van der Waals surface area contributed by atoms with Crippen LogP contribution in [0.4, 0.5) is 5.69 Å². The molecule has 5 heteroatoms. The van der Waals surface area contributed by atoms with Gasteiger partial charge in [0.25, 0.3) is 5.91 Å². The van der Waals surface area contributed by atoms with E-state index in [1.165, 1.54) is 7.11 Å². The number of aryl methyl sites for hydroxylation is 1. The zero-order valence-corrected chi connectivity index (χ0v) is 13.2. The fourth-order valence-corrected chi connectivity index (χ4v) is 2.09. The Labute approximate surface area is 135 Å². The van der Waals surface area contributed by atoms with Crippen LogP contribution in [0.1, 0.15) is 22.8 Å². The number of ether oxygens (including phenoxy) is 2. The van der Waals surface area contributed by atoms with Gasteiger partial charge in [-0.05, 0) is 42.3 Å². The molecular weight excluding hydrogens is 294 g/mol. The van der Waals surface area contributed by atoms with Crippen molar-refractivity contribution in [3.8, 4) is 5.75 Å². The molecule has 0 spiro atoms. The molecule has 120 valence electrons. The average Bonchev–Trinajstić information content (AvgIpc) is 2.60. The predicted molar refractivity (Wildman–Crippen MR) is 87.7 cm³/mol. The maximum Gasteiger partial charge on any atom is 0.337 e. The lowest BCUT2D eigenvalue weighted by Crippen LogP contribution is -2.20. The van der Waals surface area contributed by atoms with Crippen LogP contribution >= 0.6 is 0 Å². The second-order valence-corrected chi connectivity index (χ2v) is 4.86. The minimum absolute atomic E-state index is 0.102. The van der Waals surface area contributed by atoms with Gasteiger partial charge in [0.05, 0.1) is 12.7 Å². The number of amides is 1. The molecule has 1 N–H and O–H groups in total. The first-order valence-corrected chi connectivity index (χ1v) is 7.33. The number of carbonyl (C=O) groups excluding carboxylic acids is 2. The summed E-state index contributed by atoms with van der Waals surface area (Å²) in [6.45, 7) is 1.93. The summed E-state index contributed by atoms with van der Waals surface area (Å²) in [6.07, 6.45) is 0.840. The van der Waals surface area contributed by atoms with Crippen molar-refractivity contribution in [2.75, 3.05) is 19.0 Å². The lowest BCUT2D eigenvalue weighted by atomic mass is 10.1. The fourth-order valence-electron chi connectivity index (χ4n) is 2.09. The molecule has 23 heavy (non-hydrogen) atoms. The van der Waals surface area contributed by atoms with Gasteiger partial charge in [-0.3, -0.25) is 4.79 Å². The number of esters is 1. The van der Waals surface area contributed by atoms with Crippen molar-refractivity contribution in [3.05, 3.63) is 59.7 Å². The summed E-state index contributed by atoms with van der Waals surface area (Å²) < 4.78 is 10.0. The molecule has 0 aliphatic rings. The number of hydrogen-bond donors (Lipinski definition) is 1. The van der Waals surface area contributed by atoms with E-state index in [1.807, 2.05) is 31.2 Å². The van der Waals surface area contributed by atoms with Crippen LogP contribution in [0.2, 0.25) is 0 Å². The van der Waals surface area contributed by atoms with Gasteiger partial charge < -0.3 is 14.8 Å². The Morgan fingerprint density at radius 1 is 1.04 bits per heavy atom. The zero-order valence-electron chi connectivity index (χ0n) is 13.2. The summed E-state index contributed by atoms with van der Waals surface area (Å²) in [4.78, 5) is 23.3. The first kappa shape index (κ1) is 16.5. The number of benzene rings is 2. The Morgan fingerprint density at radius 3 is 2.39 bits per heavy atom. The van der Waals surface area contributed by atoms with E-state index in [0.29, 0.717) is 11.3 Å². The number of para-hydroxylation sites is 1. The third-order valence-electron chi connectivity index (χ3n) is 3.32. The highest BCUT2D eigenvalue weighted by molar-refractivity contribution is 5.92. The van der Waals surface area contributed by atoms with E-state index >= 15 is 0 Å². The van der Waals surface area contributed by atoms with Gasteiger partial charge in [-0.1, -0.05) is 25.1 Å². The van der Waals surface area contributed by atoms with E-state index in [2.05, 4.69) is 10.1 Å². The van der Waals surface area contributed by atoms with Gasteiger partial charge in [-0.15, -0.1) is 0 Å². The molecule has 0 atom stereocenters. The Morgan fingerprint density at radius 2 is 1.74 bits per heavy atom. The van der Waals surface area contributed by atoms with E-state index < -0.39 is 5.97 Å². The van der Waals surface area contributed by atoms with Gasteiger partial charge >= 0.3 is 5.97 Å². The molecule has 2 aromatic carbocycles. The van der Waals surface area contributed by atoms with Crippen LogP contribution in [0.15, 0.2) is 48.5 Å². The third kappa shape index (κ3) is 4.57. The van der Waals surface area contributed by atoms with Crippen LogP contribution in [0.3, 0.4) is 0 Å². The van der Waals surface area contributed by atoms with Crippen molar-refractivity contribution in [3.63, 3.8) is 0 Å². The largest absolute Gasteiger partial charge is 0.484 e. The van der Waals surface area contributed by atoms with Crippen LogP contribution in [0, 0.1) is 0 Å². The Balaban J connectivity index is 1.90. The lowest BCUT2D eigenvalue weighted by molar-refractivity contribution is -0.118. The van der Waals surface area contributed by atoms with Gasteiger partial charge in [0.1, 0.15) is 5.75 Å². The summed E-state index contributed by atoms with van der Waals surface area (Å²) in [5.74, 6) is -0.134. The normalized spacial score (nSPS) is 10.0. The molecular formula is C18H19NO4. The number of hydrogen-bond acceptors (Lipinski definition) is 4. The van der Waals surface area contributed by atoms with Gasteiger partial charge in [0, 0.05) is 5.69 Å². The van der Waals surface area contributed by atoms with Crippen LogP contribution in [-0.4, -0.2) is 25.6 Å². The summed E-state index contributed by atoms with van der Waals surface area (Å²) in [5, 5.41) is 2.83. The van der Waals surface area contributed by atoms with Gasteiger partial charge in [0.15, 0.2) is 6.61 Å². The third-order valence-corrected chi connectivity index (χ3v) is 3.32. The minimum atomic E-state index is -0.412. The van der Waals surface area contributed by atoms with Crippen molar-refractivity contribution >= 4 is 17.6 Å². The topological polar surface area (TPSA) is 64.6 Å². The summed E-state index contributed by atoms with van der Waals surface area (Å²) in [6, 6.07) is 14.1. The lowest BCUT2D eigenvalue weighted by Gasteiger charge is -2.10. The highest BCUT2D eigenvalue weighted by Gasteiger charge is 2.08. The van der Waals surface area contributed by atoms with Crippen LogP contribution in [0.25, 0.3) is 0 Å². The van der Waals surface area contributed by atoms with Crippen molar-refractivity contribution in [2.45, 2.75) is 13.3 Å². The van der Waals surface area contributed by atoms with E-state index in [4.69, 9.17) is 4.74 Å². The fraction of sp³-hybridized carbons (Fsp3) is 0.222. The SMILES string of the molecule is CCc1ccccc1NC(=O)COc1ccc(C(=O)OC)cc1. The van der Waals surface area contributed by atoms with Crippen LogP contribution in [0.5, 0.6) is 5.75 Å². The number of nitrogens with one attached hydrogen (secondary N) is 1. The maximum absolute atomic E-state index is 12.0. The second kappa shape index (κ2) is 7.98. The zero-order chi connectivity index (χ0) is 16.7. The predicted octanol–water partition coefficient (Wildman–Crippen LogP) is 3.05. The van der Waals surface area contributed by atoms with E-state index in [1.54, 1.807) is 24.3 Å². The number of anilines is 1. The molecule has 2 rings (SSSR count). The Kier molecular flexibility index (Phi) is 5.74. The van der Waals surface area contributed by atoms with Crippen molar-refractivity contribution in [2.24, 2.45) is 0 Å². The Bertz CT molecular complexity index is 680. The first-order valence-electron chi connectivity index (χ1n) is 7.33. The highest BCUT2D eigenvalue weighted by Crippen LogP contribution is 2.16. The standard InChI is InChI=1S/C18H19NO4/c1-3-13-6-4-5-7-16(13)19-17(20)12-23-15-10-8-14(9-11-15)18(21)22-2/h4-11H,3,12H2,1-2H3,(H,19,20). The number of methoxy groups -OCH3 is 1. The molecule has 0 fully saturated rings. The second-order valence-electron chi connectivity index (χ2n) is 4.86. The first-order chi connectivity index (χ1) is 11.1. The van der Waals surface area contributed by atoms with Crippen molar-refractivity contribution in [1.29, 1.82) is 0 Å². The smallest absolute Gasteiger partial charge is 0.337 e. The molecule has 0 saturated carbocycles. The van der Waals surface area contributed by atoms with E-state index in [-0.39, 0.29) is 12.5 Å². The van der Waals surface area contributed by atoms with Crippen LogP contribution in [-0.2, 0) is 16.0 Å². The van der Waals surface area contributed by atoms with Crippen molar-refractivity contribution in [1.82, 2.24) is 0 Å². The Hall–Kier alpha value is -2.82. The van der Waals surface area contributed by atoms with Crippen molar-refractivity contribution < 1.29 is 19.1 Å². The molecule has 2 aromatic rings. The summed E-state index contributed by atoms with van der Waals surface area (Å²) in [7, 11) is 1.32. The summed E-state index contributed by atoms with van der Waals surface area (Å²) >= 11 is 0. The van der Waals surface area contributed by atoms with Crippen LogP contribution < -0.4 is 10.1 Å². The number of carbonyl (C=O) groups is 2. The summed E-state index contributed by atoms with van der Waals surface area (Å²) in [5.41, 5.74) is 2.30. The molecule has 0 bridgehead atoms. The molecule has 0 aliphatic carbocycles. The molecule has 0 radical (unpaired) electrons. The highest BCUT2D eigenvalue weighted by atomic mass is 16.5. The molecule has 0 aromatic heterocycles. The molecule has 0 unspecified atom stereocenters. The minimum Gasteiger partial charge on any atom is -0.484 e. The molecule has 0 saturated heterocycles.